The molecule has 16 heavy (non-hydrogen) atoms. The summed E-state index contributed by atoms with van der Waals surface area (Å²) < 4.78 is 4.13. The second-order valence-electron chi connectivity index (χ2n) is 2.07. The van der Waals surface area contributed by atoms with Crippen LogP contribution in [-0.2, 0) is 19.1 Å². The van der Waals surface area contributed by atoms with Gasteiger partial charge >= 0.3 is 110 Å². The van der Waals surface area contributed by atoms with Gasteiger partial charge in [0.05, 0.1) is 18.5 Å². The average molecular weight is 274 g/mol. The Morgan fingerprint density at radius 3 is 1.69 bits per heavy atom. The first-order valence-electron chi connectivity index (χ1n) is 3.15. The van der Waals surface area contributed by atoms with E-state index in [9.17, 15) is 29.7 Å². The largest absolute Gasteiger partial charge is 1.00 e. The fraction of sp³-hybridized carbons (Fsp3) is 0.500. The fourth-order valence-corrected chi connectivity index (χ4v) is 0.530. The van der Waals surface area contributed by atoms with Crippen molar-refractivity contribution in [1.82, 2.24) is 0 Å². The van der Waals surface area contributed by atoms with E-state index >= 15 is 0 Å². The third-order valence-corrected chi connectivity index (χ3v) is 1.02. The second kappa shape index (κ2) is 15.1. The van der Waals surface area contributed by atoms with E-state index in [1.54, 1.807) is 0 Å². The van der Waals surface area contributed by atoms with Gasteiger partial charge in [-0.3, -0.25) is 0 Å². The van der Waals surface area contributed by atoms with Crippen LogP contribution >= 0.6 is 0 Å². The van der Waals surface area contributed by atoms with Gasteiger partial charge in [-0.15, -0.1) is 0 Å². The molecular formula is C6H5KNa2O7. The van der Waals surface area contributed by atoms with Gasteiger partial charge in [0.15, 0.2) is 0 Å². The molecule has 1 unspecified atom stereocenters. The van der Waals surface area contributed by atoms with Gasteiger partial charge in [0.2, 0.25) is 0 Å². The van der Waals surface area contributed by atoms with Gasteiger partial charge in [0, 0.05) is 12.4 Å². The molecule has 0 N–H and O–H groups in total. The van der Waals surface area contributed by atoms with Crippen molar-refractivity contribution in [3.05, 3.63) is 0 Å². The van der Waals surface area contributed by atoms with Gasteiger partial charge in [0.25, 0.3) is 0 Å². The number of carboxylic acids is 3. The second-order valence-corrected chi connectivity index (χ2v) is 2.07. The number of carbonyl (C=O) groups excluding carboxylic acids is 3. The van der Waals surface area contributed by atoms with Crippen LogP contribution in [0, 0.1) is 0 Å². The van der Waals surface area contributed by atoms with Crippen LogP contribution in [-0.4, -0.2) is 30.6 Å². The van der Waals surface area contributed by atoms with Gasteiger partial charge < -0.3 is 34.4 Å². The molecule has 0 aromatic rings. The summed E-state index contributed by atoms with van der Waals surface area (Å²) in [6, 6.07) is 0. The predicted molar refractivity (Wildman–Crippen MR) is 29.4 cm³/mol. The number of aliphatic carboxylic acids is 3. The maximum absolute atomic E-state index is 10.1. The molecule has 0 aliphatic rings. The molecule has 0 saturated heterocycles. The van der Waals surface area contributed by atoms with Crippen LogP contribution in [0.2, 0.25) is 0 Å². The fourth-order valence-electron chi connectivity index (χ4n) is 0.530. The van der Waals surface area contributed by atoms with E-state index in [1.807, 2.05) is 0 Å². The summed E-state index contributed by atoms with van der Waals surface area (Å²) in [6.45, 7) is -1.01. The van der Waals surface area contributed by atoms with Crippen molar-refractivity contribution >= 4 is 17.9 Å². The van der Waals surface area contributed by atoms with Gasteiger partial charge in [-0.2, -0.15) is 0 Å². The first-order valence-corrected chi connectivity index (χ1v) is 3.15. The maximum atomic E-state index is 10.1. The molecule has 0 aliphatic carbocycles. The van der Waals surface area contributed by atoms with E-state index in [1.165, 1.54) is 0 Å². The molecule has 0 heterocycles. The summed E-state index contributed by atoms with van der Waals surface area (Å²) in [6.07, 6.45) is -2.79. The number of hydrogen-bond donors (Lipinski definition) is 0. The van der Waals surface area contributed by atoms with Crippen LogP contribution in [0.1, 0.15) is 6.42 Å². The Kier molecular flexibility index (Phi) is 25.0. The smallest absolute Gasteiger partial charge is 0.550 e. The molecule has 0 aliphatic heterocycles. The number of carbonyl (C=O) groups is 3. The van der Waals surface area contributed by atoms with Crippen LogP contribution in [0.25, 0.3) is 0 Å². The first-order chi connectivity index (χ1) is 5.93. The summed E-state index contributed by atoms with van der Waals surface area (Å²) >= 11 is 0. The van der Waals surface area contributed by atoms with Crippen molar-refractivity contribution in [3.8, 4) is 0 Å². The molecule has 0 amide bonds. The molecule has 10 heteroatoms. The Morgan fingerprint density at radius 1 is 1.00 bits per heavy atom. The van der Waals surface area contributed by atoms with Gasteiger partial charge in [-0.25, -0.2) is 0 Å². The molecule has 0 rings (SSSR count). The molecule has 1 atom stereocenters. The third-order valence-electron chi connectivity index (χ3n) is 1.02. The molecule has 0 spiro atoms. The molecule has 0 radical (unpaired) electrons. The van der Waals surface area contributed by atoms with Crippen LogP contribution < -0.4 is 126 Å². The van der Waals surface area contributed by atoms with E-state index in [0.717, 1.165) is 0 Å². The topological polar surface area (TPSA) is 130 Å². The molecule has 0 bridgehead atoms. The van der Waals surface area contributed by atoms with Crippen LogP contribution in [0.4, 0.5) is 0 Å². The molecule has 0 aromatic carbocycles. The number of rotatable bonds is 6. The number of hydrogen-bond acceptors (Lipinski definition) is 7. The minimum absolute atomic E-state index is 0. The van der Waals surface area contributed by atoms with Crippen molar-refractivity contribution in [1.29, 1.82) is 0 Å². The predicted octanol–water partition coefficient (Wildman–Crippen LogP) is -14.0. The zero-order valence-electron chi connectivity index (χ0n) is 9.35. The van der Waals surface area contributed by atoms with Crippen molar-refractivity contribution in [2.75, 3.05) is 6.61 Å². The Hall–Kier alpha value is 2.01. The van der Waals surface area contributed by atoms with Crippen molar-refractivity contribution < 1.29 is 145 Å². The standard InChI is InChI=1S/C6H8O7.K.2Na/c7-4(8)1-3(6(11)12)13-2-5(9)10;;;/h3H,1-2H2,(H,7,8)(H,9,10)(H,11,12);;;/q;3*+1/p-3. The molecule has 0 fully saturated rings. The van der Waals surface area contributed by atoms with E-state index < -0.39 is 37.0 Å². The van der Waals surface area contributed by atoms with Crippen molar-refractivity contribution in [3.63, 3.8) is 0 Å². The van der Waals surface area contributed by atoms with Gasteiger partial charge in [-0.1, -0.05) is 0 Å². The average Bonchev–Trinajstić information content (AvgIpc) is 1.96. The monoisotopic (exact) mass is 274 g/mol. The zero-order valence-corrected chi connectivity index (χ0v) is 16.5. The number of carboxylic acid groups (broad SMARTS) is 3. The summed E-state index contributed by atoms with van der Waals surface area (Å²) in [4.78, 5) is 29.8. The molecule has 0 saturated carbocycles. The first kappa shape index (κ1) is 26.5. The Labute approximate surface area is 178 Å². The SMILES string of the molecule is O=C([O-])COC(CC(=O)[O-])C(=O)[O-].[K+].[Na+].[Na+]. The van der Waals surface area contributed by atoms with Crippen LogP contribution in [0.5, 0.6) is 0 Å². The van der Waals surface area contributed by atoms with Crippen LogP contribution in [0.3, 0.4) is 0 Å². The van der Waals surface area contributed by atoms with E-state index in [4.69, 9.17) is 0 Å². The normalized spacial score (nSPS) is 9.75. The number of ether oxygens (including phenoxy) is 1. The molecular weight excluding hydrogens is 269 g/mol. The molecule has 7 nitrogen and oxygen atoms in total. The summed E-state index contributed by atoms with van der Waals surface area (Å²) in [5.41, 5.74) is 0. The Balaban J connectivity index is -0.000000240. The zero-order chi connectivity index (χ0) is 10.4. The Morgan fingerprint density at radius 2 is 1.44 bits per heavy atom. The van der Waals surface area contributed by atoms with Crippen molar-refractivity contribution in [2.45, 2.75) is 12.5 Å². The quantitative estimate of drug-likeness (QED) is 0.439. The van der Waals surface area contributed by atoms with E-state index in [-0.39, 0.29) is 110 Å². The van der Waals surface area contributed by atoms with Crippen LogP contribution in [0.15, 0.2) is 0 Å². The summed E-state index contributed by atoms with van der Waals surface area (Å²) in [5, 5.41) is 29.8. The van der Waals surface area contributed by atoms with Gasteiger partial charge in [-0.05, 0) is 0 Å². The molecule has 0 aromatic heterocycles. The maximum Gasteiger partial charge on any atom is 1.00 e. The minimum Gasteiger partial charge on any atom is -0.550 e. The third kappa shape index (κ3) is 16.0. The minimum atomic E-state index is -1.83. The summed E-state index contributed by atoms with van der Waals surface area (Å²) in [5.74, 6) is -5.14. The van der Waals surface area contributed by atoms with E-state index in [2.05, 4.69) is 4.74 Å². The van der Waals surface area contributed by atoms with Crippen molar-refractivity contribution in [2.24, 2.45) is 0 Å². The molecule has 74 valence electrons. The van der Waals surface area contributed by atoms with Gasteiger partial charge in [0.1, 0.15) is 6.10 Å². The summed E-state index contributed by atoms with van der Waals surface area (Å²) in [7, 11) is 0. The van der Waals surface area contributed by atoms with E-state index in [0.29, 0.717) is 0 Å². The Bertz CT molecular complexity index is 235.